The van der Waals surface area contributed by atoms with E-state index in [1.54, 1.807) is 18.3 Å². The predicted molar refractivity (Wildman–Crippen MR) is 62.1 cm³/mol. The van der Waals surface area contributed by atoms with Crippen LogP contribution in [0.3, 0.4) is 0 Å². The number of rotatable bonds is 3. The highest BCUT2D eigenvalue weighted by Gasteiger charge is 2.11. The molecule has 0 aliphatic carbocycles. The van der Waals surface area contributed by atoms with Crippen LogP contribution in [0.4, 0.5) is 0 Å². The molecule has 2 rings (SSSR count). The Morgan fingerprint density at radius 1 is 1.29 bits per heavy atom. The number of hydrogen-bond acceptors (Lipinski definition) is 5. The summed E-state index contributed by atoms with van der Waals surface area (Å²) in [6, 6.07) is 3.54. The monoisotopic (exact) mass is 231 g/mol. The van der Waals surface area contributed by atoms with Crippen molar-refractivity contribution in [3.8, 4) is 17.4 Å². The molecule has 5 nitrogen and oxygen atoms in total. The summed E-state index contributed by atoms with van der Waals surface area (Å²) in [5.41, 5.74) is 1.31. The van der Waals surface area contributed by atoms with Gasteiger partial charge >= 0.3 is 0 Å². The minimum Gasteiger partial charge on any atom is -0.502 e. The van der Waals surface area contributed by atoms with E-state index in [1.807, 2.05) is 13.8 Å². The molecule has 0 saturated carbocycles. The Bertz CT molecular complexity index is 529. The molecular weight excluding hydrogens is 218 g/mol. The van der Waals surface area contributed by atoms with Crippen LogP contribution in [0.1, 0.15) is 18.3 Å². The van der Waals surface area contributed by atoms with Crippen molar-refractivity contribution >= 4 is 0 Å². The third-order valence-electron chi connectivity index (χ3n) is 2.36. The van der Waals surface area contributed by atoms with Crippen molar-refractivity contribution < 1.29 is 9.84 Å². The molecule has 0 amide bonds. The van der Waals surface area contributed by atoms with Crippen molar-refractivity contribution in [1.82, 2.24) is 15.0 Å². The number of pyridine rings is 1. The molecule has 2 heterocycles. The smallest absolute Gasteiger partial charge is 0.265 e. The number of hydrogen-bond donors (Lipinski definition) is 1. The minimum atomic E-state index is -0.0155. The SMILES string of the molecule is CCc1ncnc(Oc2cccnc2C)c1O. The number of aromatic hydroxyl groups is 1. The first-order chi connectivity index (χ1) is 8.22. The van der Waals surface area contributed by atoms with Gasteiger partial charge in [-0.15, -0.1) is 0 Å². The Morgan fingerprint density at radius 3 is 2.82 bits per heavy atom. The van der Waals surface area contributed by atoms with Gasteiger partial charge in [0.25, 0.3) is 5.88 Å². The molecule has 0 fully saturated rings. The molecule has 0 atom stereocenters. The van der Waals surface area contributed by atoms with Crippen LogP contribution >= 0.6 is 0 Å². The van der Waals surface area contributed by atoms with Gasteiger partial charge in [0.15, 0.2) is 5.75 Å². The van der Waals surface area contributed by atoms with Crippen molar-refractivity contribution in [2.45, 2.75) is 20.3 Å². The molecule has 0 radical (unpaired) electrons. The highest BCUT2D eigenvalue weighted by Crippen LogP contribution is 2.30. The Morgan fingerprint density at radius 2 is 2.12 bits per heavy atom. The summed E-state index contributed by atoms with van der Waals surface area (Å²) in [7, 11) is 0. The van der Waals surface area contributed by atoms with Crippen LogP contribution in [-0.2, 0) is 6.42 Å². The van der Waals surface area contributed by atoms with Crippen LogP contribution in [0.25, 0.3) is 0 Å². The summed E-state index contributed by atoms with van der Waals surface area (Å²) in [6.45, 7) is 3.73. The third kappa shape index (κ3) is 2.33. The molecule has 17 heavy (non-hydrogen) atoms. The minimum absolute atomic E-state index is 0.0155. The standard InChI is InChI=1S/C12H13N3O2/c1-3-9-11(16)12(15-7-14-9)17-10-5-4-6-13-8(10)2/h4-7,16H,3H2,1-2H3. The molecule has 0 aliphatic heterocycles. The summed E-state index contributed by atoms with van der Waals surface area (Å²) in [4.78, 5) is 12.0. The van der Waals surface area contributed by atoms with Gasteiger partial charge < -0.3 is 9.84 Å². The van der Waals surface area contributed by atoms with Crippen LogP contribution in [-0.4, -0.2) is 20.1 Å². The van der Waals surface area contributed by atoms with Gasteiger partial charge in [0.2, 0.25) is 5.75 Å². The molecule has 0 bridgehead atoms. The van der Waals surface area contributed by atoms with Gasteiger partial charge in [-0.2, -0.15) is 4.98 Å². The zero-order valence-electron chi connectivity index (χ0n) is 9.71. The highest BCUT2D eigenvalue weighted by molar-refractivity contribution is 5.39. The molecule has 5 heteroatoms. The van der Waals surface area contributed by atoms with Crippen LogP contribution in [0.15, 0.2) is 24.7 Å². The molecular formula is C12H13N3O2. The van der Waals surface area contributed by atoms with Gasteiger partial charge in [-0.25, -0.2) is 4.98 Å². The van der Waals surface area contributed by atoms with Gasteiger partial charge in [0.05, 0.1) is 11.4 Å². The second-order valence-corrected chi connectivity index (χ2v) is 3.52. The van der Waals surface area contributed by atoms with Gasteiger partial charge in [0.1, 0.15) is 6.33 Å². The van der Waals surface area contributed by atoms with Crippen molar-refractivity contribution in [2.75, 3.05) is 0 Å². The summed E-state index contributed by atoms with van der Waals surface area (Å²) >= 11 is 0. The van der Waals surface area contributed by atoms with E-state index >= 15 is 0 Å². The van der Waals surface area contributed by atoms with Gasteiger partial charge in [-0.3, -0.25) is 4.98 Å². The molecule has 0 aromatic carbocycles. The molecule has 1 N–H and O–H groups in total. The van der Waals surface area contributed by atoms with Gasteiger partial charge in [0, 0.05) is 6.20 Å². The quantitative estimate of drug-likeness (QED) is 0.877. The maximum Gasteiger partial charge on any atom is 0.265 e. The summed E-state index contributed by atoms with van der Waals surface area (Å²) in [5, 5.41) is 9.87. The molecule has 0 aliphatic rings. The third-order valence-corrected chi connectivity index (χ3v) is 2.36. The fourth-order valence-electron chi connectivity index (χ4n) is 1.41. The van der Waals surface area contributed by atoms with Crippen molar-refractivity contribution in [1.29, 1.82) is 0 Å². The fraction of sp³-hybridized carbons (Fsp3) is 0.250. The van der Waals surface area contributed by atoms with Crippen LogP contribution < -0.4 is 4.74 Å². The van der Waals surface area contributed by atoms with Crippen molar-refractivity contribution in [3.63, 3.8) is 0 Å². The van der Waals surface area contributed by atoms with E-state index in [4.69, 9.17) is 4.74 Å². The second-order valence-electron chi connectivity index (χ2n) is 3.52. The number of aromatic nitrogens is 3. The number of aryl methyl sites for hydroxylation is 2. The van der Waals surface area contributed by atoms with E-state index in [1.165, 1.54) is 6.33 Å². The first kappa shape index (κ1) is 11.3. The van der Waals surface area contributed by atoms with E-state index in [2.05, 4.69) is 15.0 Å². The first-order valence-corrected chi connectivity index (χ1v) is 5.34. The second kappa shape index (κ2) is 4.78. The molecule has 0 unspecified atom stereocenters. The largest absolute Gasteiger partial charge is 0.502 e. The zero-order chi connectivity index (χ0) is 12.3. The van der Waals surface area contributed by atoms with Crippen molar-refractivity contribution in [2.24, 2.45) is 0 Å². The summed E-state index contributed by atoms with van der Waals surface area (Å²) in [5.74, 6) is 0.717. The van der Waals surface area contributed by atoms with E-state index in [0.717, 1.165) is 5.69 Å². The maximum absolute atomic E-state index is 9.87. The lowest BCUT2D eigenvalue weighted by molar-refractivity contribution is 0.387. The lowest BCUT2D eigenvalue weighted by Gasteiger charge is -2.09. The van der Waals surface area contributed by atoms with Crippen LogP contribution in [0.2, 0.25) is 0 Å². The zero-order valence-corrected chi connectivity index (χ0v) is 9.71. The lowest BCUT2D eigenvalue weighted by atomic mass is 10.3. The van der Waals surface area contributed by atoms with Gasteiger partial charge in [-0.1, -0.05) is 6.92 Å². The predicted octanol–water partition coefficient (Wildman–Crippen LogP) is 2.24. The molecule has 0 saturated heterocycles. The number of nitrogens with zero attached hydrogens (tertiary/aromatic N) is 3. The highest BCUT2D eigenvalue weighted by atomic mass is 16.5. The fourth-order valence-corrected chi connectivity index (χ4v) is 1.41. The molecule has 0 spiro atoms. The summed E-state index contributed by atoms with van der Waals surface area (Å²) in [6.07, 6.45) is 3.68. The average molecular weight is 231 g/mol. The molecule has 2 aromatic rings. The Balaban J connectivity index is 2.34. The summed E-state index contributed by atoms with van der Waals surface area (Å²) < 4.78 is 5.52. The normalized spacial score (nSPS) is 10.2. The Labute approximate surface area is 99.2 Å². The topological polar surface area (TPSA) is 68.1 Å². The van der Waals surface area contributed by atoms with Crippen LogP contribution in [0.5, 0.6) is 17.4 Å². The van der Waals surface area contributed by atoms with Gasteiger partial charge in [-0.05, 0) is 25.5 Å². The van der Waals surface area contributed by atoms with E-state index in [0.29, 0.717) is 17.9 Å². The number of ether oxygens (including phenoxy) is 1. The first-order valence-electron chi connectivity index (χ1n) is 5.34. The molecule has 2 aromatic heterocycles. The van der Waals surface area contributed by atoms with Crippen LogP contribution in [0, 0.1) is 6.92 Å². The molecule has 88 valence electrons. The lowest BCUT2D eigenvalue weighted by Crippen LogP contribution is -1.96. The maximum atomic E-state index is 9.87. The van der Waals surface area contributed by atoms with Crippen molar-refractivity contribution in [3.05, 3.63) is 36.0 Å². The van der Waals surface area contributed by atoms with E-state index in [-0.39, 0.29) is 11.6 Å². The van der Waals surface area contributed by atoms with E-state index in [9.17, 15) is 5.11 Å². The van der Waals surface area contributed by atoms with E-state index < -0.39 is 0 Å². The Hall–Kier alpha value is -2.17. The average Bonchev–Trinajstić information content (AvgIpc) is 2.34. The Kier molecular flexibility index (Phi) is 3.18.